The number of aromatic nitrogens is 1. The lowest BCUT2D eigenvalue weighted by molar-refractivity contribution is 0.0696. The number of rotatable bonds is 6. The van der Waals surface area contributed by atoms with Gasteiger partial charge in [-0.05, 0) is 44.2 Å². The van der Waals surface area contributed by atoms with Crippen molar-refractivity contribution in [2.24, 2.45) is 0 Å². The van der Waals surface area contributed by atoms with Crippen LogP contribution in [-0.2, 0) is 10.0 Å². The molecule has 0 atom stereocenters. The number of aromatic carboxylic acids is 1. The van der Waals surface area contributed by atoms with E-state index < -0.39 is 16.0 Å². The van der Waals surface area contributed by atoms with Gasteiger partial charge in [0, 0.05) is 12.7 Å². The molecule has 0 unspecified atom stereocenters. The molecule has 0 aliphatic heterocycles. The van der Waals surface area contributed by atoms with E-state index in [4.69, 9.17) is 5.11 Å². The molecule has 2 N–H and O–H groups in total. The van der Waals surface area contributed by atoms with Crippen LogP contribution in [0.25, 0.3) is 0 Å². The zero-order valence-corrected chi connectivity index (χ0v) is 12.4. The summed E-state index contributed by atoms with van der Waals surface area (Å²) in [6.07, 6.45) is 8.39. The van der Waals surface area contributed by atoms with Crippen molar-refractivity contribution in [2.45, 2.75) is 37.1 Å². The maximum absolute atomic E-state index is 12.0. The largest absolute Gasteiger partial charge is 0.478 e. The lowest BCUT2D eigenvalue weighted by Gasteiger charge is -2.13. The second kappa shape index (κ2) is 6.82. The maximum Gasteiger partial charge on any atom is 0.337 e. The molecule has 1 aliphatic rings. The first-order valence-corrected chi connectivity index (χ1v) is 8.34. The predicted octanol–water partition coefficient (Wildman–Crippen LogP) is 1.95. The lowest BCUT2D eigenvalue weighted by Crippen LogP contribution is -2.26. The van der Waals surface area contributed by atoms with Crippen molar-refractivity contribution >= 4 is 16.0 Å². The Balaban J connectivity index is 1.94. The minimum atomic E-state index is -3.68. The van der Waals surface area contributed by atoms with Crippen molar-refractivity contribution in [1.29, 1.82) is 0 Å². The number of carbonyl (C=O) groups is 1. The quantitative estimate of drug-likeness (QED) is 0.783. The van der Waals surface area contributed by atoms with Gasteiger partial charge in [-0.15, -0.1) is 0 Å². The van der Waals surface area contributed by atoms with Crippen molar-refractivity contribution < 1.29 is 18.3 Å². The molecule has 1 aromatic heterocycles. The number of allylic oxidation sites excluding steroid dienone is 1. The molecule has 0 amide bonds. The summed E-state index contributed by atoms with van der Waals surface area (Å²) in [7, 11) is -3.68. The topological polar surface area (TPSA) is 96.4 Å². The monoisotopic (exact) mass is 310 g/mol. The number of hydrogen-bond acceptors (Lipinski definition) is 4. The van der Waals surface area contributed by atoms with E-state index in [9.17, 15) is 13.2 Å². The van der Waals surface area contributed by atoms with Crippen LogP contribution in [0.15, 0.2) is 35.0 Å². The average Bonchev–Trinajstić information content (AvgIpc) is 2.48. The van der Waals surface area contributed by atoms with Crippen LogP contribution in [0.1, 0.15) is 42.5 Å². The minimum absolute atomic E-state index is 0.0405. The molecule has 114 valence electrons. The molecule has 1 heterocycles. The smallest absolute Gasteiger partial charge is 0.337 e. The fourth-order valence-electron chi connectivity index (χ4n) is 2.22. The van der Waals surface area contributed by atoms with Gasteiger partial charge in [-0.25, -0.2) is 22.9 Å². The lowest BCUT2D eigenvalue weighted by atomic mass is 9.97. The molecule has 0 bridgehead atoms. The highest BCUT2D eigenvalue weighted by atomic mass is 32.2. The number of nitrogens with zero attached hydrogens (tertiary/aromatic N) is 1. The first-order chi connectivity index (χ1) is 9.99. The van der Waals surface area contributed by atoms with Crippen LogP contribution in [-0.4, -0.2) is 31.0 Å². The van der Waals surface area contributed by atoms with E-state index >= 15 is 0 Å². The summed E-state index contributed by atoms with van der Waals surface area (Å²) in [5.41, 5.74) is 1.25. The van der Waals surface area contributed by atoms with E-state index in [2.05, 4.69) is 15.8 Å². The maximum atomic E-state index is 12.0. The third-order valence-electron chi connectivity index (χ3n) is 3.38. The van der Waals surface area contributed by atoms with Crippen molar-refractivity contribution in [3.63, 3.8) is 0 Å². The van der Waals surface area contributed by atoms with E-state index in [1.54, 1.807) is 0 Å². The molecule has 2 rings (SSSR count). The van der Waals surface area contributed by atoms with E-state index in [-0.39, 0.29) is 10.6 Å². The molecule has 7 heteroatoms. The van der Waals surface area contributed by atoms with Gasteiger partial charge in [0.1, 0.15) is 0 Å². The SMILES string of the molecule is O=C(O)c1ccc(S(=O)(=O)NCCC2=CCCCC2)nc1. The Morgan fingerprint density at radius 3 is 2.71 bits per heavy atom. The second-order valence-corrected chi connectivity index (χ2v) is 6.66. The normalized spacial score (nSPS) is 15.5. The van der Waals surface area contributed by atoms with Crippen LogP contribution in [0.3, 0.4) is 0 Å². The Hall–Kier alpha value is -1.73. The van der Waals surface area contributed by atoms with Crippen molar-refractivity contribution in [3.05, 3.63) is 35.5 Å². The fraction of sp³-hybridized carbons (Fsp3) is 0.429. The summed E-state index contributed by atoms with van der Waals surface area (Å²) in [6.45, 7) is 0.330. The average molecular weight is 310 g/mol. The summed E-state index contributed by atoms with van der Waals surface area (Å²) >= 11 is 0. The van der Waals surface area contributed by atoms with Gasteiger partial charge in [-0.1, -0.05) is 11.6 Å². The van der Waals surface area contributed by atoms with Gasteiger partial charge in [0.15, 0.2) is 5.03 Å². The molecular weight excluding hydrogens is 292 g/mol. The molecule has 0 radical (unpaired) electrons. The van der Waals surface area contributed by atoms with Gasteiger partial charge in [-0.2, -0.15) is 0 Å². The third kappa shape index (κ3) is 4.37. The second-order valence-electron chi connectivity index (χ2n) is 4.95. The number of carboxylic acids is 1. The molecule has 1 aliphatic carbocycles. The number of pyridine rings is 1. The van der Waals surface area contributed by atoms with Gasteiger partial charge >= 0.3 is 5.97 Å². The van der Waals surface area contributed by atoms with Crippen LogP contribution in [0.4, 0.5) is 0 Å². The summed E-state index contributed by atoms with van der Waals surface area (Å²) in [5, 5.41) is 8.59. The highest BCUT2D eigenvalue weighted by molar-refractivity contribution is 7.89. The Morgan fingerprint density at radius 1 is 1.33 bits per heavy atom. The van der Waals surface area contributed by atoms with Crippen LogP contribution < -0.4 is 4.72 Å². The van der Waals surface area contributed by atoms with Crippen LogP contribution in [0.5, 0.6) is 0 Å². The fourth-order valence-corrected chi connectivity index (χ4v) is 3.17. The molecule has 0 saturated carbocycles. The van der Waals surface area contributed by atoms with Crippen LogP contribution in [0, 0.1) is 0 Å². The highest BCUT2D eigenvalue weighted by Gasteiger charge is 2.16. The first kappa shape index (κ1) is 15.7. The Bertz CT molecular complexity index is 635. The summed E-state index contributed by atoms with van der Waals surface area (Å²) in [5.74, 6) is -1.14. The number of nitrogens with one attached hydrogen (secondary N) is 1. The van der Waals surface area contributed by atoms with Gasteiger partial charge in [0.05, 0.1) is 5.56 Å². The number of carboxylic acid groups (broad SMARTS) is 1. The van der Waals surface area contributed by atoms with Crippen LogP contribution >= 0.6 is 0 Å². The molecule has 0 fully saturated rings. The van der Waals surface area contributed by atoms with Gasteiger partial charge in [-0.3, -0.25) is 0 Å². The summed E-state index contributed by atoms with van der Waals surface area (Å²) in [6, 6.07) is 2.43. The zero-order chi connectivity index (χ0) is 15.3. The predicted molar refractivity (Wildman–Crippen MR) is 77.6 cm³/mol. The standard InChI is InChI=1S/C14H18N2O4S/c17-14(18)12-6-7-13(15-10-12)21(19,20)16-9-8-11-4-2-1-3-5-11/h4,6-7,10,16H,1-3,5,8-9H2,(H,17,18). The van der Waals surface area contributed by atoms with Crippen LogP contribution in [0.2, 0.25) is 0 Å². The van der Waals surface area contributed by atoms with Gasteiger partial charge < -0.3 is 5.11 Å². The minimum Gasteiger partial charge on any atom is -0.478 e. The Morgan fingerprint density at radius 2 is 2.14 bits per heavy atom. The first-order valence-electron chi connectivity index (χ1n) is 6.86. The molecule has 0 spiro atoms. The van der Waals surface area contributed by atoms with Gasteiger partial charge in [0.25, 0.3) is 10.0 Å². The van der Waals surface area contributed by atoms with E-state index in [1.807, 2.05) is 0 Å². The van der Waals surface area contributed by atoms with Crippen molar-refractivity contribution in [1.82, 2.24) is 9.71 Å². The van der Waals surface area contributed by atoms with E-state index in [1.165, 1.54) is 24.1 Å². The summed E-state index contributed by atoms with van der Waals surface area (Å²) < 4.78 is 26.5. The molecule has 1 aromatic rings. The van der Waals surface area contributed by atoms with E-state index in [0.29, 0.717) is 13.0 Å². The molecule has 6 nitrogen and oxygen atoms in total. The number of hydrogen-bond donors (Lipinski definition) is 2. The Labute approximate surface area is 124 Å². The Kier molecular flexibility index (Phi) is 5.08. The van der Waals surface area contributed by atoms with E-state index in [0.717, 1.165) is 25.5 Å². The highest BCUT2D eigenvalue weighted by Crippen LogP contribution is 2.19. The molecule has 21 heavy (non-hydrogen) atoms. The van der Waals surface area contributed by atoms with Crippen molar-refractivity contribution in [2.75, 3.05) is 6.54 Å². The third-order valence-corrected chi connectivity index (χ3v) is 4.76. The molecule has 0 aromatic carbocycles. The summed E-state index contributed by atoms with van der Waals surface area (Å²) in [4.78, 5) is 14.4. The van der Waals surface area contributed by atoms with Crippen molar-refractivity contribution in [3.8, 4) is 0 Å². The zero-order valence-electron chi connectivity index (χ0n) is 11.6. The molecular formula is C14H18N2O4S. The number of sulfonamides is 1. The van der Waals surface area contributed by atoms with Gasteiger partial charge in [0.2, 0.25) is 0 Å². The molecule has 0 saturated heterocycles.